The molecule has 42 heavy (non-hydrogen) atoms. The lowest BCUT2D eigenvalue weighted by atomic mass is 9.93. The Morgan fingerprint density at radius 3 is 2.62 bits per heavy atom. The first kappa shape index (κ1) is 26.6. The van der Waals surface area contributed by atoms with E-state index in [4.69, 9.17) is 9.40 Å². The van der Waals surface area contributed by atoms with Crippen molar-refractivity contribution in [3.8, 4) is 21.9 Å². The molecule has 1 amide bonds. The summed E-state index contributed by atoms with van der Waals surface area (Å²) in [6, 6.07) is 9.39. The highest BCUT2D eigenvalue weighted by Crippen LogP contribution is 2.50. The average Bonchev–Trinajstić information content (AvgIpc) is 3.77. The van der Waals surface area contributed by atoms with Gasteiger partial charge in [0, 0.05) is 31.0 Å². The number of amides is 1. The Morgan fingerprint density at radius 2 is 1.90 bits per heavy atom. The first-order chi connectivity index (χ1) is 20.3. The molecule has 1 atom stereocenters. The van der Waals surface area contributed by atoms with E-state index in [2.05, 4.69) is 20.5 Å². The van der Waals surface area contributed by atoms with Crippen LogP contribution in [0, 0.1) is 12.7 Å². The molecular weight excluding hydrogens is 565 g/mol. The normalized spacial score (nSPS) is 16.1. The van der Waals surface area contributed by atoms with Gasteiger partial charge in [0.1, 0.15) is 17.3 Å². The van der Waals surface area contributed by atoms with Crippen molar-refractivity contribution in [2.24, 2.45) is 0 Å². The molecule has 1 saturated heterocycles. The maximum Gasteiger partial charge on any atom is 0.280 e. The minimum absolute atomic E-state index is 0.115. The van der Waals surface area contributed by atoms with Crippen LogP contribution in [0.25, 0.3) is 32.0 Å². The summed E-state index contributed by atoms with van der Waals surface area (Å²) in [7, 11) is 1.64. The van der Waals surface area contributed by atoms with Gasteiger partial charge >= 0.3 is 0 Å². The number of halogens is 3. The second-order valence-electron chi connectivity index (χ2n) is 10.5. The van der Waals surface area contributed by atoms with Crippen LogP contribution in [0.5, 0.6) is 0 Å². The molecule has 12 heteroatoms. The van der Waals surface area contributed by atoms with Crippen molar-refractivity contribution >= 4 is 33.1 Å². The Morgan fingerprint density at radius 1 is 1.10 bits per heavy atom. The topological polar surface area (TPSA) is 97.0 Å². The van der Waals surface area contributed by atoms with Gasteiger partial charge in [-0.25, -0.2) is 18.2 Å². The van der Waals surface area contributed by atoms with E-state index < -0.39 is 6.43 Å². The first-order valence-electron chi connectivity index (χ1n) is 13.7. The third-order valence-corrected chi connectivity index (χ3v) is 9.05. The quantitative estimate of drug-likeness (QED) is 0.220. The van der Waals surface area contributed by atoms with Gasteiger partial charge in [-0.05, 0) is 60.9 Å². The number of benzene rings is 1. The Labute approximate surface area is 242 Å². The van der Waals surface area contributed by atoms with Crippen LogP contribution in [0.15, 0.2) is 40.8 Å². The number of anilines is 1. The standard InChI is InChI=1S/C30H25F3N6O2S/c1-14-37-38-29(41-14)22-18(10-7-15-5-8-17(31)9-6-15)35-25-20-4-3-11-39(20)30(40)24(25)23(22)21-13-16-12-19(27(32)33)36-28(34-2)26(16)42-21/h5-6,8-9,12-13,20,27H,3-4,7,10-11H2,1-2H3,(H,34,36). The van der Waals surface area contributed by atoms with Crippen LogP contribution < -0.4 is 5.32 Å². The molecule has 1 unspecified atom stereocenters. The maximum atomic E-state index is 13.9. The van der Waals surface area contributed by atoms with Gasteiger partial charge in [-0.15, -0.1) is 21.5 Å². The summed E-state index contributed by atoms with van der Waals surface area (Å²) in [5.74, 6) is 0.490. The highest BCUT2D eigenvalue weighted by Gasteiger charge is 2.44. The van der Waals surface area contributed by atoms with Crippen LogP contribution in [-0.2, 0) is 12.8 Å². The number of aryl methyl sites for hydroxylation is 3. The Hall–Kier alpha value is -4.32. The minimum Gasteiger partial charge on any atom is -0.421 e. The Bertz CT molecular complexity index is 1850. The van der Waals surface area contributed by atoms with Gasteiger partial charge in [0.05, 0.1) is 33.3 Å². The molecule has 0 spiro atoms. The minimum atomic E-state index is -2.74. The third kappa shape index (κ3) is 4.32. The third-order valence-electron chi connectivity index (χ3n) is 7.87. The summed E-state index contributed by atoms with van der Waals surface area (Å²) >= 11 is 1.36. The van der Waals surface area contributed by atoms with E-state index in [1.165, 1.54) is 29.5 Å². The number of aromatic nitrogens is 4. The van der Waals surface area contributed by atoms with Gasteiger partial charge in [-0.2, -0.15) is 0 Å². The Balaban J connectivity index is 1.49. The van der Waals surface area contributed by atoms with Crippen molar-refractivity contribution in [2.45, 2.75) is 45.1 Å². The monoisotopic (exact) mass is 590 g/mol. The summed E-state index contributed by atoms with van der Waals surface area (Å²) in [6.07, 6.45) is -0.0173. The summed E-state index contributed by atoms with van der Waals surface area (Å²) in [6.45, 7) is 2.32. The van der Waals surface area contributed by atoms with Crippen molar-refractivity contribution in [1.29, 1.82) is 0 Å². The van der Waals surface area contributed by atoms with Crippen LogP contribution in [0.3, 0.4) is 0 Å². The number of hydrogen-bond acceptors (Lipinski definition) is 8. The van der Waals surface area contributed by atoms with Crippen molar-refractivity contribution in [2.75, 3.05) is 18.9 Å². The molecule has 1 aromatic carbocycles. The molecule has 1 fully saturated rings. The fourth-order valence-corrected chi connectivity index (χ4v) is 7.18. The molecule has 1 N–H and O–H groups in total. The summed E-state index contributed by atoms with van der Waals surface area (Å²) in [5, 5.41) is 11.9. The number of thiophene rings is 1. The van der Waals surface area contributed by atoms with E-state index in [0.29, 0.717) is 74.1 Å². The molecule has 4 aromatic heterocycles. The molecule has 8 nitrogen and oxygen atoms in total. The van der Waals surface area contributed by atoms with E-state index in [0.717, 1.165) is 18.4 Å². The molecule has 0 aliphatic carbocycles. The predicted octanol–water partition coefficient (Wildman–Crippen LogP) is 6.91. The molecule has 7 rings (SSSR count). The number of hydrogen-bond donors (Lipinski definition) is 1. The lowest BCUT2D eigenvalue weighted by molar-refractivity contribution is 0.0776. The molecule has 6 heterocycles. The molecular formula is C30H25F3N6O2S. The second-order valence-corrected chi connectivity index (χ2v) is 11.5. The van der Waals surface area contributed by atoms with Gasteiger partial charge < -0.3 is 14.6 Å². The molecule has 0 radical (unpaired) electrons. The van der Waals surface area contributed by atoms with Crippen molar-refractivity contribution in [3.05, 3.63) is 76.3 Å². The lowest BCUT2D eigenvalue weighted by Gasteiger charge is -2.16. The van der Waals surface area contributed by atoms with E-state index in [1.807, 2.05) is 11.0 Å². The zero-order valence-electron chi connectivity index (χ0n) is 22.7. The average molecular weight is 591 g/mol. The highest BCUT2D eigenvalue weighted by atomic mass is 32.1. The van der Waals surface area contributed by atoms with E-state index in [-0.39, 0.29) is 29.4 Å². The van der Waals surface area contributed by atoms with Gasteiger partial charge in [0.15, 0.2) is 0 Å². The van der Waals surface area contributed by atoms with E-state index in [1.54, 1.807) is 26.1 Å². The molecule has 0 bridgehead atoms. The number of nitrogens with zero attached hydrogens (tertiary/aromatic N) is 5. The summed E-state index contributed by atoms with van der Waals surface area (Å²) in [4.78, 5) is 25.7. The zero-order chi connectivity index (χ0) is 29.1. The van der Waals surface area contributed by atoms with Crippen LogP contribution in [-0.4, -0.2) is 44.6 Å². The number of nitrogens with one attached hydrogen (secondary N) is 1. The Kier molecular flexibility index (Phi) is 6.45. The lowest BCUT2D eigenvalue weighted by Crippen LogP contribution is -2.22. The maximum absolute atomic E-state index is 13.9. The molecule has 214 valence electrons. The van der Waals surface area contributed by atoms with Crippen LogP contribution in [0.1, 0.15) is 64.2 Å². The number of carbonyl (C=O) groups is 1. The van der Waals surface area contributed by atoms with Crippen LogP contribution in [0.2, 0.25) is 0 Å². The largest absolute Gasteiger partial charge is 0.421 e. The number of pyridine rings is 2. The number of rotatable bonds is 7. The van der Waals surface area contributed by atoms with Crippen molar-refractivity contribution < 1.29 is 22.4 Å². The van der Waals surface area contributed by atoms with Crippen LogP contribution >= 0.6 is 11.3 Å². The predicted molar refractivity (Wildman–Crippen MR) is 152 cm³/mol. The fraction of sp³-hybridized carbons (Fsp3) is 0.300. The number of alkyl halides is 2. The fourth-order valence-electron chi connectivity index (χ4n) is 5.99. The van der Waals surface area contributed by atoms with Gasteiger partial charge in [-0.1, -0.05) is 12.1 Å². The molecule has 0 saturated carbocycles. The SMILES string of the molecule is CNc1nc(C(F)F)cc2cc(-c3c4c(nc(CCc5ccc(F)cc5)c3-c3nnc(C)o3)C3CCCN3C4=O)sc12. The number of fused-ring (bicyclic) bond motifs is 4. The van der Waals surface area contributed by atoms with E-state index in [9.17, 15) is 18.0 Å². The zero-order valence-corrected chi connectivity index (χ0v) is 23.6. The second kappa shape index (κ2) is 10.2. The highest BCUT2D eigenvalue weighted by molar-refractivity contribution is 7.23. The molecule has 2 aliphatic rings. The van der Waals surface area contributed by atoms with Gasteiger partial charge in [-0.3, -0.25) is 9.78 Å². The first-order valence-corrected chi connectivity index (χ1v) is 14.5. The van der Waals surface area contributed by atoms with E-state index >= 15 is 0 Å². The molecule has 2 aliphatic heterocycles. The summed E-state index contributed by atoms with van der Waals surface area (Å²) in [5.41, 5.74) is 3.62. The smallest absolute Gasteiger partial charge is 0.280 e. The van der Waals surface area contributed by atoms with Gasteiger partial charge in [0.2, 0.25) is 11.8 Å². The molecule has 5 aromatic rings. The summed E-state index contributed by atoms with van der Waals surface area (Å²) < 4.78 is 47.6. The van der Waals surface area contributed by atoms with Gasteiger partial charge in [0.25, 0.3) is 12.3 Å². The number of carbonyl (C=O) groups excluding carboxylic acids is 1. The van der Waals surface area contributed by atoms with Crippen molar-refractivity contribution in [3.63, 3.8) is 0 Å². The van der Waals surface area contributed by atoms with Crippen LogP contribution in [0.4, 0.5) is 19.0 Å². The van der Waals surface area contributed by atoms with Crippen molar-refractivity contribution in [1.82, 2.24) is 25.1 Å².